The van der Waals surface area contributed by atoms with Crippen LogP contribution in [0.2, 0.25) is 0 Å². The number of thiophene rings is 1. The van der Waals surface area contributed by atoms with E-state index in [-0.39, 0.29) is 17.8 Å². The van der Waals surface area contributed by atoms with Crippen LogP contribution < -0.4 is 5.73 Å². The molecule has 0 spiro atoms. The van der Waals surface area contributed by atoms with E-state index in [1.165, 1.54) is 0 Å². The molecule has 2 aromatic rings. The van der Waals surface area contributed by atoms with E-state index in [4.69, 9.17) is 5.73 Å². The average Bonchev–Trinajstić information content (AvgIpc) is 2.96. The number of hydrogen-bond donors (Lipinski definition) is 2. The summed E-state index contributed by atoms with van der Waals surface area (Å²) in [4.78, 5) is 15.6. The van der Waals surface area contributed by atoms with E-state index < -0.39 is 0 Å². The van der Waals surface area contributed by atoms with Crippen molar-refractivity contribution in [1.82, 2.24) is 15.1 Å². The lowest BCUT2D eigenvalue weighted by molar-refractivity contribution is 0.0693. The van der Waals surface area contributed by atoms with Gasteiger partial charge in [-0.1, -0.05) is 6.07 Å². The Morgan fingerprint density at radius 1 is 1.58 bits per heavy atom. The zero-order valence-electron chi connectivity index (χ0n) is 11.3. The summed E-state index contributed by atoms with van der Waals surface area (Å²) in [6, 6.07) is 4.11. The molecule has 6 heteroatoms. The molecule has 3 N–H and O–H groups in total. The van der Waals surface area contributed by atoms with Crippen molar-refractivity contribution in [2.24, 2.45) is 0 Å². The first-order valence-electron chi connectivity index (χ1n) is 6.14. The van der Waals surface area contributed by atoms with Gasteiger partial charge in [-0.2, -0.15) is 5.10 Å². The van der Waals surface area contributed by atoms with Crippen LogP contribution in [0.3, 0.4) is 0 Å². The van der Waals surface area contributed by atoms with Gasteiger partial charge >= 0.3 is 0 Å². The van der Waals surface area contributed by atoms with Crippen molar-refractivity contribution in [2.75, 3.05) is 5.73 Å². The highest BCUT2D eigenvalue weighted by molar-refractivity contribution is 7.09. The van der Waals surface area contributed by atoms with Crippen LogP contribution in [-0.4, -0.2) is 27.0 Å². The Hall–Kier alpha value is -1.82. The lowest BCUT2D eigenvalue weighted by Crippen LogP contribution is -2.36. The quantitative estimate of drug-likeness (QED) is 0.901. The highest BCUT2D eigenvalue weighted by atomic mass is 32.1. The first-order valence-corrected chi connectivity index (χ1v) is 7.02. The molecule has 2 aromatic heterocycles. The molecule has 0 bridgehead atoms. The molecule has 0 atom stereocenters. The lowest BCUT2D eigenvalue weighted by atomic mass is 10.2. The molecule has 0 fully saturated rings. The Labute approximate surface area is 116 Å². The molecule has 102 valence electrons. The van der Waals surface area contributed by atoms with Gasteiger partial charge < -0.3 is 10.6 Å². The zero-order valence-corrected chi connectivity index (χ0v) is 12.1. The van der Waals surface area contributed by atoms with Crippen molar-refractivity contribution < 1.29 is 4.79 Å². The van der Waals surface area contributed by atoms with Gasteiger partial charge in [0.1, 0.15) is 5.56 Å². The monoisotopic (exact) mass is 278 g/mol. The molecular formula is C13H18N4OS. The fourth-order valence-electron chi connectivity index (χ4n) is 1.92. The fourth-order valence-corrected chi connectivity index (χ4v) is 2.62. The molecule has 19 heavy (non-hydrogen) atoms. The first kappa shape index (κ1) is 13.6. The van der Waals surface area contributed by atoms with Crippen LogP contribution in [0.1, 0.15) is 34.8 Å². The van der Waals surface area contributed by atoms with Crippen molar-refractivity contribution in [2.45, 2.75) is 33.4 Å². The molecule has 0 aliphatic rings. The standard InChI is InChI=1S/C13H18N4OS/c1-8(2)17(7-10-5-4-6-19-10)13(18)11-9(3)15-16-12(11)14/h4-6,8H,7H2,1-3H3,(H3,14,15,16). The molecule has 2 heterocycles. The Morgan fingerprint density at radius 3 is 2.79 bits per heavy atom. The van der Waals surface area contributed by atoms with Crippen LogP contribution in [0, 0.1) is 6.92 Å². The van der Waals surface area contributed by atoms with Crippen molar-refractivity contribution in [3.63, 3.8) is 0 Å². The second-order valence-electron chi connectivity index (χ2n) is 4.72. The summed E-state index contributed by atoms with van der Waals surface area (Å²) in [5, 5.41) is 8.64. The van der Waals surface area contributed by atoms with E-state index >= 15 is 0 Å². The third-order valence-corrected chi connectivity index (χ3v) is 3.84. The normalized spacial score (nSPS) is 10.9. The number of hydrogen-bond acceptors (Lipinski definition) is 4. The topological polar surface area (TPSA) is 75.0 Å². The molecule has 1 amide bonds. The van der Waals surface area contributed by atoms with Gasteiger partial charge in [0.05, 0.1) is 6.54 Å². The van der Waals surface area contributed by atoms with Crippen LogP contribution >= 0.6 is 11.3 Å². The molecule has 0 aliphatic heterocycles. The molecule has 0 unspecified atom stereocenters. The van der Waals surface area contributed by atoms with Gasteiger partial charge in [0.2, 0.25) is 0 Å². The van der Waals surface area contributed by atoms with Crippen molar-refractivity contribution in [1.29, 1.82) is 0 Å². The predicted octanol–water partition coefficient (Wildman–Crippen LogP) is 2.41. The molecule has 0 radical (unpaired) electrons. The number of amides is 1. The van der Waals surface area contributed by atoms with E-state index in [0.29, 0.717) is 17.8 Å². The van der Waals surface area contributed by atoms with Crippen LogP contribution in [0.5, 0.6) is 0 Å². The largest absolute Gasteiger partial charge is 0.382 e. The van der Waals surface area contributed by atoms with Crippen LogP contribution in [0.15, 0.2) is 17.5 Å². The highest BCUT2D eigenvalue weighted by Gasteiger charge is 2.24. The molecule has 0 aromatic carbocycles. The van der Waals surface area contributed by atoms with Gasteiger partial charge in [-0.05, 0) is 32.2 Å². The average molecular weight is 278 g/mol. The molecule has 0 saturated carbocycles. The zero-order chi connectivity index (χ0) is 14.0. The van der Waals surface area contributed by atoms with Crippen LogP contribution in [0.4, 0.5) is 5.82 Å². The molecule has 2 rings (SSSR count). The van der Waals surface area contributed by atoms with Crippen molar-refractivity contribution in [3.05, 3.63) is 33.6 Å². The second kappa shape index (κ2) is 5.44. The Balaban J connectivity index is 2.27. The number of nitrogens with one attached hydrogen (secondary N) is 1. The molecule has 5 nitrogen and oxygen atoms in total. The van der Waals surface area contributed by atoms with Crippen molar-refractivity contribution in [3.8, 4) is 0 Å². The van der Waals surface area contributed by atoms with E-state index in [2.05, 4.69) is 10.2 Å². The third kappa shape index (κ3) is 2.78. The first-order chi connectivity index (χ1) is 9.00. The number of nitrogens with zero attached hydrogens (tertiary/aromatic N) is 2. The predicted molar refractivity (Wildman–Crippen MR) is 77.1 cm³/mol. The minimum absolute atomic E-state index is 0.0767. The van der Waals surface area contributed by atoms with Crippen LogP contribution in [0.25, 0.3) is 0 Å². The number of aryl methyl sites for hydroxylation is 1. The minimum Gasteiger partial charge on any atom is -0.382 e. The summed E-state index contributed by atoms with van der Waals surface area (Å²) in [6.45, 7) is 6.40. The number of nitrogens with two attached hydrogens (primary N) is 1. The maximum Gasteiger partial charge on any atom is 0.260 e. The third-order valence-electron chi connectivity index (χ3n) is 2.98. The summed E-state index contributed by atoms with van der Waals surface area (Å²) < 4.78 is 0. The Bertz CT molecular complexity index is 540. The summed E-state index contributed by atoms with van der Waals surface area (Å²) >= 11 is 1.64. The fraction of sp³-hybridized carbons (Fsp3) is 0.385. The molecular weight excluding hydrogens is 260 g/mol. The number of aromatic amines is 1. The summed E-state index contributed by atoms with van der Waals surface area (Å²) in [7, 11) is 0. The van der Waals surface area contributed by atoms with Gasteiger partial charge in [0, 0.05) is 16.6 Å². The van der Waals surface area contributed by atoms with Gasteiger partial charge in [-0.25, -0.2) is 0 Å². The SMILES string of the molecule is Cc1[nH]nc(N)c1C(=O)N(Cc1cccs1)C(C)C. The number of carbonyl (C=O) groups is 1. The van der Waals surface area contributed by atoms with Gasteiger partial charge in [0.25, 0.3) is 5.91 Å². The number of carbonyl (C=O) groups excluding carboxylic acids is 1. The summed E-state index contributed by atoms with van der Waals surface area (Å²) in [5.74, 6) is 0.187. The van der Waals surface area contributed by atoms with E-state index in [1.807, 2.05) is 31.4 Å². The number of nitrogen functional groups attached to an aromatic ring is 1. The number of H-pyrrole nitrogens is 1. The lowest BCUT2D eigenvalue weighted by Gasteiger charge is -2.26. The second-order valence-corrected chi connectivity index (χ2v) is 5.75. The number of aromatic nitrogens is 2. The van der Waals surface area contributed by atoms with Gasteiger partial charge in [0.15, 0.2) is 5.82 Å². The summed E-state index contributed by atoms with van der Waals surface area (Å²) in [6.07, 6.45) is 0. The minimum atomic E-state index is -0.0767. The molecule has 0 aliphatic carbocycles. The van der Waals surface area contributed by atoms with Crippen molar-refractivity contribution >= 4 is 23.1 Å². The van der Waals surface area contributed by atoms with Gasteiger partial charge in [-0.15, -0.1) is 11.3 Å². The maximum absolute atomic E-state index is 12.6. The maximum atomic E-state index is 12.6. The number of anilines is 1. The Kier molecular flexibility index (Phi) is 3.90. The van der Waals surface area contributed by atoms with Gasteiger partial charge in [-0.3, -0.25) is 9.89 Å². The van der Waals surface area contributed by atoms with E-state index in [9.17, 15) is 4.79 Å². The summed E-state index contributed by atoms with van der Waals surface area (Å²) in [5.41, 5.74) is 6.95. The Morgan fingerprint density at radius 2 is 2.32 bits per heavy atom. The van der Waals surface area contributed by atoms with Crippen LogP contribution in [-0.2, 0) is 6.54 Å². The molecule has 0 saturated heterocycles. The van der Waals surface area contributed by atoms with E-state index in [1.54, 1.807) is 23.2 Å². The van der Waals surface area contributed by atoms with E-state index in [0.717, 1.165) is 4.88 Å². The smallest absolute Gasteiger partial charge is 0.260 e. The highest BCUT2D eigenvalue weighted by Crippen LogP contribution is 2.20. The number of rotatable bonds is 4.